The summed E-state index contributed by atoms with van der Waals surface area (Å²) in [5.74, 6) is 0. The summed E-state index contributed by atoms with van der Waals surface area (Å²) in [6.07, 6.45) is 0. The van der Waals surface area contributed by atoms with Crippen LogP contribution in [0.15, 0.2) is 36.4 Å². The van der Waals surface area contributed by atoms with Crippen molar-refractivity contribution >= 4 is 36.7 Å². The van der Waals surface area contributed by atoms with Gasteiger partial charge in [-0.15, -0.1) is 0 Å². The van der Waals surface area contributed by atoms with E-state index in [1.165, 1.54) is 0 Å². The Morgan fingerprint density at radius 2 is 1.29 bits per heavy atom. The van der Waals surface area contributed by atoms with Crippen LogP contribution < -0.4 is 10.9 Å². The number of rotatable bonds is 2. The quantitative estimate of drug-likeness (QED) is 0.574. The lowest BCUT2D eigenvalue weighted by Gasteiger charge is -2.06. The Kier molecular flexibility index (Phi) is 2.57. The van der Waals surface area contributed by atoms with Crippen LogP contribution in [0.1, 0.15) is 0 Å². The maximum atomic E-state index is 9.17. The van der Waals surface area contributed by atoms with Crippen LogP contribution in [0.5, 0.6) is 0 Å². The molecule has 0 spiro atoms. The summed E-state index contributed by atoms with van der Waals surface area (Å²) in [4.78, 5) is 0. The van der Waals surface area contributed by atoms with Gasteiger partial charge in [0.15, 0.2) is 0 Å². The minimum Gasteiger partial charge on any atom is -0.449 e. The van der Waals surface area contributed by atoms with Gasteiger partial charge in [-0.1, -0.05) is 36.4 Å². The van der Waals surface area contributed by atoms with Gasteiger partial charge in [-0.3, -0.25) is 0 Å². The SMILES string of the molecule is OBc1cccc2cccc(BO)c12. The average Bonchev–Trinajstić information content (AvgIpc) is 2.27. The zero-order chi connectivity index (χ0) is 9.97. The van der Waals surface area contributed by atoms with Gasteiger partial charge in [0.1, 0.15) is 0 Å². The molecule has 0 radical (unpaired) electrons. The van der Waals surface area contributed by atoms with E-state index in [1.807, 2.05) is 36.4 Å². The molecule has 0 fully saturated rings. The van der Waals surface area contributed by atoms with E-state index in [2.05, 4.69) is 0 Å². The fourth-order valence-electron chi connectivity index (χ4n) is 1.77. The van der Waals surface area contributed by atoms with Crippen molar-refractivity contribution < 1.29 is 10.0 Å². The second kappa shape index (κ2) is 3.86. The Labute approximate surface area is 83.7 Å². The van der Waals surface area contributed by atoms with Crippen molar-refractivity contribution in [3.63, 3.8) is 0 Å². The van der Waals surface area contributed by atoms with Crippen LogP contribution in [0.3, 0.4) is 0 Å². The normalized spacial score (nSPS) is 10.1. The van der Waals surface area contributed by atoms with Crippen LogP contribution in [0, 0.1) is 0 Å². The van der Waals surface area contributed by atoms with Crippen molar-refractivity contribution in [1.82, 2.24) is 0 Å². The molecule has 0 aliphatic rings. The van der Waals surface area contributed by atoms with Gasteiger partial charge in [-0.2, -0.15) is 0 Å². The van der Waals surface area contributed by atoms with Crippen molar-refractivity contribution in [2.75, 3.05) is 0 Å². The smallest absolute Gasteiger partial charge is 0.305 e. The lowest BCUT2D eigenvalue weighted by atomic mass is 9.76. The molecule has 2 aromatic carbocycles. The van der Waals surface area contributed by atoms with Crippen molar-refractivity contribution in [1.29, 1.82) is 0 Å². The maximum absolute atomic E-state index is 9.17. The summed E-state index contributed by atoms with van der Waals surface area (Å²) in [6, 6.07) is 11.5. The largest absolute Gasteiger partial charge is 0.449 e. The predicted molar refractivity (Wildman–Crippen MR) is 62.0 cm³/mol. The molecule has 2 nitrogen and oxygen atoms in total. The Morgan fingerprint density at radius 1 is 0.786 bits per heavy atom. The second-order valence-electron chi connectivity index (χ2n) is 3.25. The molecule has 2 rings (SSSR count). The van der Waals surface area contributed by atoms with Gasteiger partial charge >= 0.3 is 15.0 Å². The average molecular weight is 184 g/mol. The number of hydrogen-bond donors (Lipinski definition) is 2. The molecule has 0 saturated carbocycles. The standard InChI is InChI=1S/C10H10B2O2/c13-11-8-5-1-3-7-4-2-6-9(12-14)10(7)8/h1-6,11-14H. The molecule has 2 N–H and O–H groups in total. The van der Waals surface area contributed by atoms with Crippen molar-refractivity contribution in [3.8, 4) is 0 Å². The highest BCUT2D eigenvalue weighted by Crippen LogP contribution is 2.08. The molecule has 4 heteroatoms. The maximum Gasteiger partial charge on any atom is 0.305 e. The molecule has 14 heavy (non-hydrogen) atoms. The molecule has 0 unspecified atom stereocenters. The van der Waals surface area contributed by atoms with Gasteiger partial charge in [0.05, 0.1) is 0 Å². The summed E-state index contributed by atoms with van der Waals surface area (Å²) >= 11 is 0. The third kappa shape index (κ3) is 1.43. The first-order valence-corrected chi connectivity index (χ1v) is 4.58. The van der Waals surface area contributed by atoms with E-state index < -0.39 is 0 Å². The van der Waals surface area contributed by atoms with E-state index in [0.717, 1.165) is 21.7 Å². The first-order chi connectivity index (χ1) is 6.86. The van der Waals surface area contributed by atoms with Crippen LogP contribution in [0.25, 0.3) is 10.8 Å². The van der Waals surface area contributed by atoms with Crippen LogP contribution >= 0.6 is 0 Å². The fourth-order valence-corrected chi connectivity index (χ4v) is 1.77. The second-order valence-corrected chi connectivity index (χ2v) is 3.25. The van der Waals surface area contributed by atoms with Gasteiger partial charge in [0.2, 0.25) is 0 Å². The summed E-state index contributed by atoms with van der Waals surface area (Å²) in [6.45, 7) is 0. The minimum atomic E-state index is 0.00829. The third-order valence-electron chi connectivity index (χ3n) is 2.42. The van der Waals surface area contributed by atoms with Crippen molar-refractivity contribution in [2.24, 2.45) is 0 Å². The number of fused-ring (bicyclic) bond motifs is 1. The summed E-state index contributed by atoms with van der Waals surface area (Å²) in [7, 11) is 0.0166. The molecule has 0 saturated heterocycles. The van der Waals surface area contributed by atoms with Gasteiger partial charge in [-0.05, 0) is 21.7 Å². The molecular weight excluding hydrogens is 174 g/mol. The van der Waals surface area contributed by atoms with E-state index in [9.17, 15) is 10.0 Å². The molecule has 0 aliphatic heterocycles. The first kappa shape index (κ1) is 9.31. The highest BCUT2D eigenvalue weighted by molar-refractivity contribution is 6.57. The van der Waals surface area contributed by atoms with E-state index >= 15 is 0 Å². The van der Waals surface area contributed by atoms with Crippen LogP contribution in [-0.2, 0) is 0 Å². The zero-order valence-electron chi connectivity index (χ0n) is 7.77. The lowest BCUT2D eigenvalue weighted by Crippen LogP contribution is -2.24. The van der Waals surface area contributed by atoms with E-state index in [1.54, 1.807) is 0 Å². The van der Waals surface area contributed by atoms with Crippen molar-refractivity contribution in [2.45, 2.75) is 0 Å². The van der Waals surface area contributed by atoms with E-state index in [0.29, 0.717) is 0 Å². The lowest BCUT2D eigenvalue weighted by molar-refractivity contribution is 0.615. The van der Waals surface area contributed by atoms with Gasteiger partial charge in [0.25, 0.3) is 0 Å². The number of benzene rings is 2. The number of hydrogen-bond acceptors (Lipinski definition) is 2. The third-order valence-corrected chi connectivity index (χ3v) is 2.42. The topological polar surface area (TPSA) is 40.5 Å². The summed E-state index contributed by atoms with van der Waals surface area (Å²) in [5.41, 5.74) is 1.74. The van der Waals surface area contributed by atoms with E-state index in [4.69, 9.17) is 0 Å². The van der Waals surface area contributed by atoms with E-state index in [-0.39, 0.29) is 15.0 Å². The van der Waals surface area contributed by atoms with Crippen LogP contribution in [0.2, 0.25) is 0 Å². The zero-order valence-corrected chi connectivity index (χ0v) is 7.77. The highest BCUT2D eigenvalue weighted by atomic mass is 16.2. The molecule has 68 valence electrons. The molecule has 0 atom stereocenters. The van der Waals surface area contributed by atoms with Gasteiger partial charge in [0, 0.05) is 0 Å². The Bertz CT molecular complexity index is 418. The fraction of sp³-hybridized carbons (Fsp3) is 0. The predicted octanol–water partition coefficient (Wildman–Crippen LogP) is -1.22. The summed E-state index contributed by atoms with van der Waals surface area (Å²) < 4.78 is 0. The highest BCUT2D eigenvalue weighted by Gasteiger charge is 2.05. The molecule has 0 bridgehead atoms. The Hall–Kier alpha value is -1.25. The summed E-state index contributed by atoms with van der Waals surface area (Å²) in [5, 5.41) is 20.4. The van der Waals surface area contributed by atoms with Crippen molar-refractivity contribution in [3.05, 3.63) is 36.4 Å². The first-order valence-electron chi connectivity index (χ1n) is 4.58. The molecular formula is C10H10B2O2. The van der Waals surface area contributed by atoms with Gasteiger partial charge in [-0.25, -0.2) is 0 Å². The van der Waals surface area contributed by atoms with Gasteiger partial charge < -0.3 is 10.0 Å². The monoisotopic (exact) mass is 184 g/mol. The molecule has 0 aromatic heterocycles. The van der Waals surface area contributed by atoms with Crippen LogP contribution in [0.4, 0.5) is 0 Å². The molecule has 0 amide bonds. The van der Waals surface area contributed by atoms with Crippen LogP contribution in [-0.4, -0.2) is 25.0 Å². The molecule has 0 aliphatic carbocycles. The molecule has 0 heterocycles. The Balaban J connectivity index is 2.81. The minimum absolute atomic E-state index is 0.00829. The molecule has 2 aromatic rings. The Morgan fingerprint density at radius 3 is 1.71 bits per heavy atom.